The molecular weight excluding hydrogens is 300 g/mol. The van der Waals surface area contributed by atoms with Crippen molar-refractivity contribution < 1.29 is 0 Å². The van der Waals surface area contributed by atoms with Gasteiger partial charge in [-0.3, -0.25) is 0 Å². The Kier molecular flexibility index (Phi) is 6.68. The van der Waals surface area contributed by atoms with Crippen LogP contribution in [0, 0.1) is 5.92 Å². The molecule has 0 fully saturated rings. The molecule has 0 heterocycles. The molecule has 0 aromatic heterocycles. The Morgan fingerprint density at radius 2 is 1.44 bits per heavy atom. The highest BCUT2D eigenvalue weighted by Crippen LogP contribution is 2.32. The first-order valence-corrected chi connectivity index (χ1v) is 9.75. The van der Waals surface area contributed by atoms with Crippen molar-refractivity contribution >= 4 is 10.8 Å². The lowest BCUT2D eigenvalue weighted by atomic mass is 9.86. The number of hydrogen-bond donors (Lipinski definition) is 0. The lowest BCUT2D eigenvalue weighted by Crippen LogP contribution is -2.01. The maximum atomic E-state index is 2.32. The van der Waals surface area contributed by atoms with E-state index < -0.39 is 0 Å². The van der Waals surface area contributed by atoms with Gasteiger partial charge in [-0.05, 0) is 47.6 Å². The van der Waals surface area contributed by atoms with Gasteiger partial charge < -0.3 is 0 Å². The third-order valence-electron chi connectivity index (χ3n) is 5.01. The highest BCUT2D eigenvalue weighted by atomic mass is 14.2. The molecule has 0 aliphatic rings. The van der Waals surface area contributed by atoms with Gasteiger partial charge in [0.25, 0.3) is 0 Å². The number of benzene rings is 3. The molecular formula is C25H29. The number of hydrogen-bond acceptors (Lipinski definition) is 0. The molecule has 0 bridgehead atoms. The van der Waals surface area contributed by atoms with Crippen LogP contribution in [0.1, 0.15) is 56.6 Å². The van der Waals surface area contributed by atoms with Crippen LogP contribution in [0.15, 0.2) is 72.8 Å². The van der Waals surface area contributed by atoms with Gasteiger partial charge in [0.2, 0.25) is 0 Å². The molecule has 0 saturated heterocycles. The van der Waals surface area contributed by atoms with Gasteiger partial charge in [-0.1, -0.05) is 99.0 Å². The molecule has 1 radical (unpaired) electrons. The molecule has 0 heteroatoms. The molecule has 129 valence electrons. The number of unbranched alkanes of at least 4 members (excludes halogenated alkanes) is 2. The predicted molar refractivity (Wildman–Crippen MR) is 110 cm³/mol. The molecule has 0 aliphatic carbocycles. The Morgan fingerprint density at radius 1 is 0.680 bits per heavy atom. The number of aryl methyl sites for hydroxylation is 1. The van der Waals surface area contributed by atoms with Crippen LogP contribution in [0.25, 0.3) is 10.8 Å². The second kappa shape index (κ2) is 9.42. The standard InChI is InChI=1S/C25H29/c1-2-12-22(16-8-4-7-15-21-13-5-3-6-14-21)25-20-11-18-23-17-9-10-19-24(23)25/h3,5-6,9-11,13-14,17-20H,2,4,7-8,12,15-16H2,1H3. The zero-order chi connectivity index (χ0) is 17.3. The first-order valence-electron chi connectivity index (χ1n) is 9.75. The van der Waals surface area contributed by atoms with Crippen molar-refractivity contribution in [2.24, 2.45) is 0 Å². The van der Waals surface area contributed by atoms with Crippen LogP contribution in [0.2, 0.25) is 0 Å². The van der Waals surface area contributed by atoms with E-state index in [2.05, 4.69) is 79.7 Å². The minimum absolute atomic E-state index is 1.21. The van der Waals surface area contributed by atoms with Crippen molar-refractivity contribution in [1.29, 1.82) is 0 Å². The zero-order valence-corrected chi connectivity index (χ0v) is 15.4. The first-order chi connectivity index (χ1) is 12.4. The monoisotopic (exact) mass is 329 g/mol. The summed E-state index contributed by atoms with van der Waals surface area (Å²) in [4.78, 5) is 0. The minimum atomic E-state index is 1.21. The largest absolute Gasteiger partial charge is 0.0654 e. The summed E-state index contributed by atoms with van der Waals surface area (Å²) in [7, 11) is 0. The molecule has 0 spiro atoms. The molecule has 0 amide bonds. The molecule has 0 N–H and O–H groups in total. The average Bonchev–Trinajstić information content (AvgIpc) is 2.67. The Hall–Kier alpha value is -2.08. The molecule has 3 aromatic carbocycles. The van der Waals surface area contributed by atoms with Gasteiger partial charge in [-0.25, -0.2) is 0 Å². The lowest BCUT2D eigenvalue weighted by Gasteiger charge is -2.18. The van der Waals surface area contributed by atoms with E-state index in [-0.39, 0.29) is 0 Å². The summed E-state index contributed by atoms with van der Waals surface area (Å²) in [6.07, 6.45) is 8.78. The minimum Gasteiger partial charge on any atom is -0.0654 e. The van der Waals surface area contributed by atoms with Crippen molar-refractivity contribution in [3.05, 3.63) is 89.8 Å². The fourth-order valence-corrected chi connectivity index (χ4v) is 3.72. The van der Waals surface area contributed by atoms with Gasteiger partial charge in [-0.2, -0.15) is 0 Å². The summed E-state index contributed by atoms with van der Waals surface area (Å²) in [5, 5.41) is 2.77. The zero-order valence-electron chi connectivity index (χ0n) is 15.4. The van der Waals surface area contributed by atoms with Crippen molar-refractivity contribution in [3.63, 3.8) is 0 Å². The van der Waals surface area contributed by atoms with Crippen LogP contribution in [0.4, 0.5) is 0 Å². The van der Waals surface area contributed by atoms with Gasteiger partial charge in [-0.15, -0.1) is 0 Å². The van der Waals surface area contributed by atoms with Crippen molar-refractivity contribution in [2.45, 2.75) is 51.9 Å². The normalized spacial score (nSPS) is 11.3. The Morgan fingerprint density at radius 3 is 2.28 bits per heavy atom. The van der Waals surface area contributed by atoms with Crippen molar-refractivity contribution in [3.8, 4) is 0 Å². The summed E-state index contributed by atoms with van der Waals surface area (Å²) in [6, 6.07) is 26.4. The van der Waals surface area contributed by atoms with Crippen LogP contribution in [-0.4, -0.2) is 0 Å². The number of fused-ring (bicyclic) bond motifs is 1. The number of rotatable bonds is 9. The Balaban J connectivity index is 1.57. The maximum Gasteiger partial charge on any atom is 0.00560 e. The van der Waals surface area contributed by atoms with Gasteiger partial charge in [0.05, 0.1) is 0 Å². The van der Waals surface area contributed by atoms with E-state index >= 15 is 0 Å². The summed E-state index contributed by atoms with van der Waals surface area (Å²) in [5.41, 5.74) is 2.94. The Bertz CT molecular complexity index is 752. The van der Waals surface area contributed by atoms with E-state index in [0.717, 1.165) is 0 Å². The highest BCUT2D eigenvalue weighted by molar-refractivity contribution is 5.87. The van der Waals surface area contributed by atoms with Gasteiger partial charge in [0.1, 0.15) is 0 Å². The van der Waals surface area contributed by atoms with E-state index in [1.807, 2.05) is 0 Å². The SMILES string of the molecule is CCC[C](CCCCCc1ccccc1)c1cccc2ccccc12. The molecule has 0 atom stereocenters. The summed E-state index contributed by atoms with van der Waals surface area (Å²) < 4.78 is 0. The third-order valence-corrected chi connectivity index (χ3v) is 5.01. The van der Waals surface area contributed by atoms with E-state index in [1.165, 1.54) is 66.8 Å². The molecule has 3 rings (SSSR count). The predicted octanol–water partition coefficient (Wildman–Crippen LogP) is 7.37. The maximum absolute atomic E-state index is 2.32. The lowest BCUT2D eigenvalue weighted by molar-refractivity contribution is 0.629. The molecule has 0 nitrogen and oxygen atoms in total. The topological polar surface area (TPSA) is 0 Å². The van der Waals surface area contributed by atoms with Crippen LogP contribution in [-0.2, 0) is 6.42 Å². The second-order valence-corrected chi connectivity index (χ2v) is 6.93. The summed E-state index contributed by atoms with van der Waals surface area (Å²) >= 11 is 0. The van der Waals surface area contributed by atoms with E-state index in [4.69, 9.17) is 0 Å². The average molecular weight is 330 g/mol. The smallest absolute Gasteiger partial charge is 0.00560 e. The first kappa shape index (κ1) is 17.7. The van der Waals surface area contributed by atoms with Crippen LogP contribution in [0.3, 0.4) is 0 Å². The van der Waals surface area contributed by atoms with Crippen LogP contribution < -0.4 is 0 Å². The summed E-state index contributed by atoms with van der Waals surface area (Å²) in [5.74, 6) is 1.64. The summed E-state index contributed by atoms with van der Waals surface area (Å²) in [6.45, 7) is 2.29. The van der Waals surface area contributed by atoms with E-state index in [1.54, 1.807) is 5.92 Å². The van der Waals surface area contributed by atoms with Gasteiger partial charge in [0, 0.05) is 5.92 Å². The highest BCUT2D eigenvalue weighted by Gasteiger charge is 2.14. The fraction of sp³-hybridized carbons (Fsp3) is 0.320. The fourth-order valence-electron chi connectivity index (χ4n) is 3.72. The van der Waals surface area contributed by atoms with Gasteiger partial charge in [0.15, 0.2) is 0 Å². The Labute approximate surface area is 152 Å². The van der Waals surface area contributed by atoms with E-state index in [9.17, 15) is 0 Å². The molecule has 3 aromatic rings. The molecule has 25 heavy (non-hydrogen) atoms. The second-order valence-electron chi connectivity index (χ2n) is 6.93. The van der Waals surface area contributed by atoms with E-state index in [0.29, 0.717) is 0 Å². The van der Waals surface area contributed by atoms with Gasteiger partial charge >= 0.3 is 0 Å². The quantitative estimate of drug-likeness (QED) is 0.360. The van der Waals surface area contributed by atoms with Crippen LogP contribution >= 0.6 is 0 Å². The molecule has 0 aliphatic heterocycles. The van der Waals surface area contributed by atoms with Crippen molar-refractivity contribution in [2.75, 3.05) is 0 Å². The van der Waals surface area contributed by atoms with Crippen LogP contribution in [0.5, 0.6) is 0 Å². The molecule has 0 unspecified atom stereocenters. The van der Waals surface area contributed by atoms with Crippen molar-refractivity contribution in [1.82, 2.24) is 0 Å². The molecule has 0 saturated carbocycles. The third kappa shape index (κ3) is 4.95.